The molecule has 0 atom stereocenters. The molecule has 2 N–H and O–H groups in total. The number of hydrogen-bond acceptors (Lipinski definition) is 2. The number of rotatable bonds is 4. The molecule has 1 amide bonds. The second kappa shape index (κ2) is 4.69. The Morgan fingerprint density at radius 2 is 1.53 bits per heavy atom. The summed E-state index contributed by atoms with van der Waals surface area (Å²) in [5.41, 5.74) is 4.52. The van der Waals surface area contributed by atoms with Crippen LogP contribution >= 0.6 is 0 Å². The van der Waals surface area contributed by atoms with Crippen molar-refractivity contribution in [2.45, 2.75) is 24.9 Å². The maximum atomic E-state index is 11.8. The van der Waals surface area contributed by atoms with Crippen molar-refractivity contribution in [3.05, 3.63) is 0 Å². The smallest absolute Gasteiger partial charge is 0.370 e. The highest BCUT2D eigenvalue weighted by Crippen LogP contribution is 2.35. The number of carbonyl (C=O) groups is 1. The van der Waals surface area contributed by atoms with E-state index in [0.29, 0.717) is 0 Å². The molecule has 90 valence electrons. The maximum Gasteiger partial charge on any atom is 0.423 e. The number of primary amides is 1. The van der Waals surface area contributed by atoms with E-state index in [1.165, 1.54) is 0 Å². The molecule has 15 heavy (non-hydrogen) atoms. The highest BCUT2D eigenvalue weighted by atomic mass is 19.4. The monoisotopic (exact) mass is 239 g/mol. The molecule has 0 saturated heterocycles. The molecule has 0 unspecified atom stereocenters. The van der Waals surface area contributed by atoms with Crippen LogP contribution in [-0.4, -0.2) is 31.0 Å². The van der Waals surface area contributed by atoms with Crippen molar-refractivity contribution in [3.8, 4) is 0 Å². The summed E-state index contributed by atoms with van der Waals surface area (Å²) in [5, 5.41) is 0. The molecule has 3 nitrogen and oxygen atoms in total. The van der Waals surface area contributed by atoms with Crippen molar-refractivity contribution in [1.82, 2.24) is 0 Å². The average Bonchev–Trinajstić information content (AvgIpc) is 1.92. The fourth-order valence-electron chi connectivity index (χ4n) is 0.652. The molecule has 9 heteroatoms. The lowest BCUT2D eigenvalue weighted by Crippen LogP contribution is -2.44. The first-order chi connectivity index (χ1) is 6.55. The zero-order valence-electron chi connectivity index (χ0n) is 7.15. The van der Waals surface area contributed by atoms with Gasteiger partial charge in [0.05, 0.1) is 6.61 Å². The lowest BCUT2D eigenvalue weighted by atomic mass is 10.3. The summed E-state index contributed by atoms with van der Waals surface area (Å²) in [6.45, 7) is -1.03. The molecular formula is C6H7F6NO2. The number of hydrogen-bond donors (Lipinski definition) is 1. The topological polar surface area (TPSA) is 52.3 Å². The summed E-state index contributed by atoms with van der Waals surface area (Å²) < 4.78 is 74.2. The van der Waals surface area contributed by atoms with Crippen LogP contribution < -0.4 is 5.73 Å². The van der Waals surface area contributed by atoms with Gasteiger partial charge in [-0.25, -0.2) is 0 Å². The summed E-state index contributed by atoms with van der Waals surface area (Å²) >= 11 is 0. The number of amides is 1. The molecule has 0 fully saturated rings. The van der Waals surface area contributed by atoms with Gasteiger partial charge in [0.1, 0.15) is 0 Å². The van der Waals surface area contributed by atoms with Gasteiger partial charge in [-0.15, -0.1) is 0 Å². The standard InChI is InChI=1S/C6H7F6NO2/c7-5(8,9)4(6(10,11)12)15-2-1-3(13)14/h4H,1-2H2,(H2,13,14). The molecular weight excluding hydrogens is 232 g/mol. The minimum atomic E-state index is -5.56. The third kappa shape index (κ3) is 5.45. The summed E-state index contributed by atoms with van der Waals surface area (Å²) in [6.07, 6.45) is -15.7. The SMILES string of the molecule is NC(=O)CCOC(C(F)(F)F)C(F)(F)F. The Bertz CT molecular complexity index is 209. The lowest BCUT2D eigenvalue weighted by Gasteiger charge is -2.22. The summed E-state index contributed by atoms with van der Waals surface area (Å²) in [5.74, 6) is -1.04. The molecule has 0 aromatic rings. The first-order valence-electron chi connectivity index (χ1n) is 3.58. The molecule has 0 aromatic carbocycles. The van der Waals surface area contributed by atoms with Gasteiger partial charge in [-0.2, -0.15) is 26.3 Å². The van der Waals surface area contributed by atoms with Crippen molar-refractivity contribution in [1.29, 1.82) is 0 Å². The van der Waals surface area contributed by atoms with Crippen LogP contribution in [0, 0.1) is 0 Å². The first kappa shape index (κ1) is 14.0. The van der Waals surface area contributed by atoms with E-state index in [1.807, 2.05) is 0 Å². The number of nitrogens with two attached hydrogens (primary N) is 1. The van der Waals surface area contributed by atoms with Crippen LogP contribution in [-0.2, 0) is 9.53 Å². The fraction of sp³-hybridized carbons (Fsp3) is 0.833. The largest absolute Gasteiger partial charge is 0.423 e. The van der Waals surface area contributed by atoms with Crippen LogP contribution in [0.1, 0.15) is 6.42 Å². The Hall–Kier alpha value is -0.990. The zero-order chi connectivity index (χ0) is 12.3. The highest BCUT2D eigenvalue weighted by molar-refractivity contribution is 5.73. The number of carbonyl (C=O) groups excluding carboxylic acids is 1. The van der Waals surface area contributed by atoms with Crippen LogP contribution in [0.4, 0.5) is 26.3 Å². The summed E-state index contributed by atoms with van der Waals surface area (Å²) in [6, 6.07) is 0. The van der Waals surface area contributed by atoms with E-state index in [1.54, 1.807) is 0 Å². The van der Waals surface area contributed by atoms with Crippen LogP contribution in [0.3, 0.4) is 0 Å². The van der Waals surface area contributed by atoms with E-state index < -0.39 is 37.4 Å². The molecule has 0 aliphatic heterocycles. The van der Waals surface area contributed by atoms with Gasteiger partial charge in [-0.1, -0.05) is 0 Å². The van der Waals surface area contributed by atoms with Gasteiger partial charge < -0.3 is 10.5 Å². The molecule has 0 saturated carbocycles. The third-order valence-corrected chi connectivity index (χ3v) is 1.23. The minimum absolute atomic E-state index is 0.706. The average molecular weight is 239 g/mol. The Morgan fingerprint density at radius 3 is 1.80 bits per heavy atom. The van der Waals surface area contributed by atoms with E-state index in [9.17, 15) is 31.1 Å². The third-order valence-electron chi connectivity index (χ3n) is 1.23. The number of alkyl halides is 6. The lowest BCUT2D eigenvalue weighted by molar-refractivity contribution is -0.321. The molecule has 0 aromatic heterocycles. The quantitative estimate of drug-likeness (QED) is 0.753. The molecule has 0 spiro atoms. The van der Waals surface area contributed by atoms with Crippen molar-refractivity contribution in [2.24, 2.45) is 5.73 Å². The summed E-state index contributed by atoms with van der Waals surface area (Å²) in [7, 11) is 0. The molecule has 0 heterocycles. The van der Waals surface area contributed by atoms with Gasteiger partial charge in [-0.3, -0.25) is 4.79 Å². The zero-order valence-corrected chi connectivity index (χ0v) is 7.15. The molecule has 0 radical (unpaired) electrons. The molecule has 0 rings (SSSR count). The second-order valence-electron chi connectivity index (χ2n) is 2.55. The normalized spacial score (nSPS) is 13.3. The predicted molar refractivity (Wildman–Crippen MR) is 35.7 cm³/mol. The summed E-state index contributed by atoms with van der Waals surface area (Å²) in [4.78, 5) is 10.1. The van der Waals surface area contributed by atoms with E-state index in [-0.39, 0.29) is 0 Å². The maximum absolute atomic E-state index is 11.8. The van der Waals surface area contributed by atoms with Gasteiger partial charge >= 0.3 is 12.4 Å². The number of halogens is 6. The first-order valence-corrected chi connectivity index (χ1v) is 3.58. The van der Waals surface area contributed by atoms with Crippen molar-refractivity contribution in [3.63, 3.8) is 0 Å². The minimum Gasteiger partial charge on any atom is -0.370 e. The van der Waals surface area contributed by atoms with Crippen molar-refractivity contribution < 1.29 is 35.9 Å². The van der Waals surface area contributed by atoms with Crippen LogP contribution in [0.15, 0.2) is 0 Å². The second-order valence-corrected chi connectivity index (χ2v) is 2.55. The Kier molecular flexibility index (Phi) is 4.38. The Balaban J connectivity index is 4.35. The van der Waals surface area contributed by atoms with Crippen molar-refractivity contribution >= 4 is 5.91 Å². The van der Waals surface area contributed by atoms with Crippen LogP contribution in [0.5, 0.6) is 0 Å². The van der Waals surface area contributed by atoms with E-state index in [0.717, 1.165) is 0 Å². The van der Waals surface area contributed by atoms with Gasteiger partial charge in [0.25, 0.3) is 0 Å². The van der Waals surface area contributed by atoms with Gasteiger partial charge in [0, 0.05) is 6.42 Å². The van der Waals surface area contributed by atoms with Gasteiger partial charge in [0.2, 0.25) is 12.0 Å². The molecule has 0 bridgehead atoms. The van der Waals surface area contributed by atoms with Crippen LogP contribution in [0.2, 0.25) is 0 Å². The predicted octanol–water partition coefficient (Wildman–Crippen LogP) is 1.37. The van der Waals surface area contributed by atoms with Gasteiger partial charge in [0.15, 0.2) is 0 Å². The van der Waals surface area contributed by atoms with E-state index >= 15 is 0 Å². The Labute approximate surface area is 80.2 Å². The van der Waals surface area contributed by atoms with E-state index in [2.05, 4.69) is 10.5 Å². The fourth-order valence-corrected chi connectivity index (χ4v) is 0.652. The van der Waals surface area contributed by atoms with Crippen molar-refractivity contribution in [2.75, 3.05) is 6.61 Å². The Morgan fingerprint density at radius 1 is 1.13 bits per heavy atom. The van der Waals surface area contributed by atoms with Gasteiger partial charge in [-0.05, 0) is 0 Å². The highest BCUT2D eigenvalue weighted by Gasteiger charge is 2.57. The van der Waals surface area contributed by atoms with Crippen LogP contribution in [0.25, 0.3) is 0 Å². The molecule has 0 aliphatic carbocycles. The molecule has 0 aliphatic rings. The van der Waals surface area contributed by atoms with E-state index in [4.69, 9.17) is 0 Å². The number of ether oxygens (including phenoxy) is 1.